The lowest BCUT2D eigenvalue weighted by molar-refractivity contribution is -0.140. The number of nitrogens with zero attached hydrogens (tertiary/aromatic N) is 1. The van der Waals surface area contributed by atoms with Gasteiger partial charge in [0, 0.05) is 18.3 Å². The van der Waals surface area contributed by atoms with Crippen molar-refractivity contribution in [3.63, 3.8) is 0 Å². The van der Waals surface area contributed by atoms with Crippen molar-refractivity contribution in [3.05, 3.63) is 65.5 Å². The Balaban J connectivity index is 1.57. The molecule has 2 aromatic rings. The summed E-state index contributed by atoms with van der Waals surface area (Å²) in [5.74, 6) is -0.782. The van der Waals surface area contributed by atoms with E-state index in [4.69, 9.17) is 0 Å². The number of nitrogens with one attached hydrogen (secondary N) is 1. The van der Waals surface area contributed by atoms with E-state index in [-0.39, 0.29) is 12.1 Å². The molecule has 22 heavy (non-hydrogen) atoms. The first-order chi connectivity index (χ1) is 10.7. The smallest absolute Gasteiger partial charge is 0.317 e. The Labute approximate surface area is 129 Å². The molecule has 3 unspecified atom stereocenters. The van der Waals surface area contributed by atoms with Crippen molar-refractivity contribution in [2.45, 2.75) is 36.8 Å². The first-order valence-corrected chi connectivity index (χ1v) is 7.70. The molecule has 1 heterocycles. The number of fused-ring (bicyclic) bond motifs is 1. The summed E-state index contributed by atoms with van der Waals surface area (Å²) >= 11 is 0. The van der Waals surface area contributed by atoms with E-state index in [1.54, 1.807) is 6.20 Å². The highest BCUT2D eigenvalue weighted by atomic mass is 16.4. The fourth-order valence-electron chi connectivity index (χ4n) is 3.69. The molecule has 0 spiro atoms. The van der Waals surface area contributed by atoms with Gasteiger partial charge in [0.05, 0.1) is 5.69 Å². The predicted molar refractivity (Wildman–Crippen MR) is 82.6 cm³/mol. The number of hydrogen-bond donors (Lipinski definition) is 2. The lowest BCUT2D eigenvalue weighted by Crippen LogP contribution is -2.34. The fraction of sp³-hybridized carbons (Fsp3) is 0.333. The SMILES string of the molecule is O=C(O)C1(c2ccccn2)CC1NC1CCc2ccccc21. The second-order valence-corrected chi connectivity index (χ2v) is 6.20. The molecule has 112 valence electrons. The fourth-order valence-corrected chi connectivity index (χ4v) is 3.69. The maximum Gasteiger partial charge on any atom is 0.317 e. The Morgan fingerprint density at radius 3 is 2.82 bits per heavy atom. The van der Waals surface area contributed by atoms with Gasteiger partial charge in [-0.3, -0.25) is 9.78 Å². The summed E-state index contributed by atoms with van der Waals surface area (Å²) in [5, 5.41) is 13.3. The van der Waals surface area contributed by atoms with Crippen LogP contribution in [0.5, 0.6) is 0 Å². The van der Waals surface area contributed by atoms with Gasteiger partial charge < -0.3 is 10.4 Å². The van der Waals surface area contributed by atoms with Crippen molar-refractivity contribution in [1.82, 2.24) is 10.3 Å². The molecule has 1 saturated carbocycles. The van der Waals surface area contributed by atoms with Gasteiger partial charge in [-0.2, -0.15) is 0 Å². The number of aromatic nitrogens is 1. The summed E-state index contributed by atoms with van der Waals surface area (Å²) in [6, 6.07) is 14.1. The summed E-state index contributed by atoms with van der Waals surface area (Å²) in [6.45, 7) is 0. The van der Waals surface area contributed by atoms with E-state index < -0.39 is 11.4 Å². The largest absolute Gasteiger partial charge is 0.480 e. The summed E-state index contributed by atoms with van der Waals surface area (Å²) < 4.78 is 0. The topological polar surface area (TPSA) is 62.2 Å². The molecule has 0 aliphatic heterocycles. The second-order valence-electron chi connectivity index (χ2n) is 6.20. The Bertz CT molecular complexity index is 716. The number of aryl methyl sites for hydroxylation is 1. The van der Waals surface area contributed by atoms with Gasteiger partial charge in [0.25, 0.3) is 0 Å². The monoisotopic (exact) mass is 294 g/mol. The van der Waals surface area contributed by atoms with E-state index in [0.717, 1.165) is 12.8 Å². The van der Waals surface area contributed by atoms with E-state index in [2.05, 4.69) is 34.6 Å². The molecule has 0 saturated heterocycles. The minimum Gasteiger partial charge on any atom is -0.480 e. The molecule has 4 nitrogen and oxygen atoms in total. The summed E-state index contributed by atoms with van der Waals surface area (Å²) in [6.07, 6.45) is 4.37. The number of pyridine rings is 1. The molecule has 3 atom stereocenters. The molecule has 0 radical (unpaired) electrons. The van der Waals surface area contributed by atoms with Gasteiger partial charge in [0.15, 0.2) is 0 Å². The number of aliphatic carboxylic acids is 1. The average Bonchev–Trinajstić information content (AvgIpc) is 3.14. The first kappa shape index (κ1) is 13.5. The molecular weight excluding hydrogens is 276 g/mol. The van der Waals surface area contributed by atoms with Crippen LogP contribution in [0.2, 0.25) is 0 Å². The number of hydrogen-bond acceptors (Lipinski definition) is 3. The van der Waals surface area contributed by atoms with Gasteiger partial charge in [0.2, 0.25) is 0 Å². The lowest BCUT2D eigenvalue weighted by atomic mass is 10.00. The van der Waals surface area contributed by atoms with Crippen molar-refractivity contribution < 1.29 is 9.90 Å². The van der Waals surface area contributed by atoms with Crippen LogP contribution in [0.3, 0.4) is 0 Å². The third-order valence-electron chi connectivity index (χ3n) is 5.00. The van der Waals surface area contributed by atoms with Crippen molar-refractivity contribution in [2.75, 3.05) is 0 Å². The van der Waals surface area contributed by atoms with Crippen molar-refractivity contribution in [3.8, 4) is 0 Å². The highest BCUT2D eigenvalue weighted by molar-refractivity contribution is 5.86. The summed E-state index contributed by atoms with van der Waals surface area (Å²) in [4.78, 5) is 16.1. The van der Waals surface area contributed by atoms with Gasteiger partial charge >= 0.3 is 5.97 Å². The molecule has 2 N–H and O–H groups in total. The van der Waals surface area contributed by atoms with Gasteiger partial charge in [-0.15, -0.1) is 0 Å². The van der Waals surface area contributed by atoms with Crippen LogP contribution in [0, 0.1) is 0 Å². The van der Waals surface area contributed by atoms with Crippen LogP contribution in [0.4, 0.5) is 0 Å². The zero-order valence-electron chi connectivity index (χ0n) is 12.2. The molecule has 4 heteroatoms. The predicted octanol–water partition coefficient (Wildman–Crippen LogP) is 2.45. The molecule has 0 bridgehead atoms. The molecular formula is C18H18N2O2. The van der Waals surface area contributed by atoms with Crippen LogP contribution in [-0.4, -0.2) is 22.1 Å². The summed E-state index contributed by atoms with van der Waals surface area (Å²) in [7, 11) is 0. The normalized spacial score (nSPS) is 29.1. The van der Waals surface area contributed by atoms with E-state index >= 15 is 0 Å². The lowest BCUT2D eigenvalue weighted by Gasteiger charge is -2.17. The van der Waals surface area contributed by atoms with Crippen LogP contribution in [-0.2, 0) is 16.6 Å². The maximum absolute atomic E-state index is 11.8. The van der Waals surface area contributed by atoms with Crippen molar-refractivity contribution in [2.24, 2.45) is 0 Å². The Morgan fingerprint density at radius 1 is 1.23 bits per heavy atom. The molecule has 2 aliphatic rings. The zero-order chi connectivity index (χ0) is 15.2. The van der Waals surface area contributed by atoms with Gasteiger partial charge in [0.1, 0.15) is 5.41 Å². The Hall–Kier alpha value is -2.20. The van der Waals surface area contributed by atoms with Crippen LogP contribution in [0.25, 0.3) is 0 Å². The van der Waals surface area contributed by atoms with E-state index in [0.29, 0.717) is 12.1 Å². The zero-order valence-corrected chi connectivity index (χ0v) is 12.2. The highest BCUT2D eigenvalue weighted by Crippen LogP contribution is 2.49. The van der Waals surface area contributed by atoms with Crippen LogP contribution >= 0.6 is 0 Å². The quantitative estimate of drug-likeness (QED) is 0.909. The average molecular weight is 294 g/mol. The number of carbonyl (C=O) groups is 1. The van der Waals surface area contributed by atoms with Crippen LogP contribution in [0.1, 0.15) is 35.7 Å². The third kappa shape index (κ3) is 1.95. The number of rotatable bonds is 4. The standard InChI is InChI=1S/C18H18N2O2/c21-17(22)18(15-7-3-4-10-19-15)11-16(18)20-14-9-8-12-5-1-2-6-13(12)14/h1-7,10,14,16,20H,8-9,11H2,(H,21,22). The van der Waals surface area contributed by atoms with Gasteiger partial charge in [-0.05, 0) is 42.5 Å². The van der Waals surface area contributed by atoms with Crippen molar-refractivity contribution in [1.29, 1.82) is 0 Å². The minimum atomic E-state index is -0.862. The Morgan fingerprint density at radius 2 is 2.05 bits per heavy atom. The molecule has 2 aliphatic carbocycles. The summed E-state index contributed by atoms with van der Waals surface area (Å²) in [5.41, 5.74) is 2.49. The second kappa shape index (κ2) is 4.92. The van der Waals surface area contributed by atoms with Gasteiger partial charge in [-0.25, -0.2) is 0 Å². The van der Waals surface area contributed by atoms with E-state index in [1.807, 2.05) is 18.2 Å². The molecule has 0 amide bonds. The molecule has 4 rings (SSSR count). The number of benzene rings is 1. The van der Waals surface area contributed by atoms with Crippen molar-refractivity contribution >= 4 is 5.97 Å². The minimum absolute atomic E-state index is 0.0453. The van der Waals surface area contributed by atoms with E-state index in [1.165, 1.54) is 11.1 Å². The number of carboxylic acid groups (broad SMARTS) is 1. The molecule has 1 aromatic carbocycles. The van der Waals surface area contributed by atoms with E-state index in [9.17, 15) is 9.90 Å². The molecule has 1 aromatic heterocycles. The third-order valence-corrected chi connectivity index (χ3v) is 5.00. The van der Waals surface area contributed by atoms with Crippen LogP contribution < -0.4 is 5.32 Å². The first-order valence-electron chi connectivity index (χ1n) is 7.70. The number of carboxylic acids is 1. The van der Waals surface area contributed by atoms with Crippen LogP contribution in [0.15, 0.2) is 48.7 Å². The highest BCUT2D eigenvalue weighted by Gasteiger charge is 2.63. The maximum atomic E-state index is 11.8. The van der Waals surface area contributed by atoms with Gasteiger partial charge in [-0.1, -0.05) is 30.3 Å². The molecule has 1 fully saturated rings. The Kier molecular flexibility index (Phi) is 3.01.